The summed E-state index contributed by atoms with van der Waals surface area (Å²) in [5, 5.41) is 0. The van der Waals surface area contributed by atoms with Crippen LogP contribution in [0.2, 0.25) is 0 Å². The third-order valence-corrected chi connectivity index (χ3v) is 2.69. The van der Waals surface area contributed by atoms with Gasteiger partial charge in [-0.1, -0.05) is 36.4 Å². The first kappa shape index (κ1) is 12.7. The number of nitrogens with zero attached hydrogens (tertiary/aromatic N) is 1. The van der Waals surface area contributed by atoms with E-state index in [-0.39, 0.29) is 6.09 Å². The Balaban J connectivity index is 2.14. The predicted molar refractivity (Wildman–Crippen MR) is 72.1 cm³/mol. The van der Waals surface area contributed by atoms with Crippen molar-refractivity contribution in [3.05, 3.63) is 41.5 Å². The zero-order chi connectivity index (χ0) is 13.2. The van der Waals surface area contributed by atoms with Crippen molar-refractivity contribution >= 4 is 12.2 Å². The topological polar surface area (TPSA) is 29.5 Å². The molecule has 0 saturated carbocycles. The number of hydrogen-bond donors (Lipinski definition) is 0. The standard InChI is InChI=1S/C15H19NO2/c1-15(2,3)18-14(17)16-10-6-9-12-7-4-5-8-13(12)11-16/h4-9H,10-11H2,1-3H3. The van der Waals surface area contributed by atoms with Crippen molar-refractivity contribution in [2.24, 2.45) is 0 Å². The van der Waals surface area contributed by atoms with Crippen LogP contribution in [-0.2, 0) is 11.3 Å². The first-order chi connectivity index (χ1) is 8.46. The Kier molecular flexibility index (Phi) is 3.41. The third-order valence-electron chi connectivity index (χ3n) is 2.69. The highest BCUT2D eigenvalue weighted by atomic mass is 16.6. The van der Waals surface area contributed by atoms with Gasteiger partial charge in [-0.3, -0.25) is 0 Å². The maximum atomic E-state index is 12.0. The molecule has 0 atom stereocenters. The lowest BCUT2D eigenvalue weighted by molar-refractivity contribution is 0.0258. The summed E-state index contributed by atoms with van der Waals surface area (Å²) in [6, 6.07) is 8.10. The molecule has 0 aliphatic carbocycles. The Morgan fingerprint density at radius 2 is 2.00 bits per heavy atom. The Morgan fingerprint density at radius 1 is 1.28 bits per heavy atom. The largest absolute Gasteiger partial charge is 0.444 e. The molecular weight excluding hydrogens is 226 g/mol. The highest BCUT2D eigenvalue weighted by Crippen LogP contribution is 2.19. The summed E-state index contributed by atoms with van der Waals surface area (Å²) in [7, 11) is 0. The number of benzene rings is 1. The number of fused-ring (bicyclic) bond motifs is 1. The van der Waals surface area contributed by atoms with Crippen LogP contribution in [0.3, 0.4) is 0 Å². The van der Waals surface area contributed by atoms with Crippen LogP contribution < -0.4 is 0 Å². The molecule has 1 heterocycles. The maximum absolute atomic E-state index is 12.0. The smallest absolute Gasteiger partial charge is 0.410 e. The molecule has 1 amide bonds. The molecule has 0 saturated heterocycles. The Labute approximate surface area is 108 Å². The molecule has 3 heteroatoms. The van der Waals surface area contributed by atoms with Gasteiger partial charge in [0.25, 0.3) is 0 Å². The van der Waals surface area contributed by atoms with Gasteiger partial charge < -0.3 is 9.64 Å². The van der Waals surface area contributed by atoms with E-state index >= 15 is 0 Å². The average Bonchev–Trinajstić information content (AvgIpc) is 2.48. The summed E-state index contributed by atoms with van der Waals surface area (Å²) < 4.78 is 5.40. The highest BCUT2D eigenvalue weighted by Gasteiger charge is 2.22. The van der Waals surface area contributed by atoms with Crippen LogP contribution in [0.4, 0.5) is 4.79 Å². The minimum atomic E-state index is -0.452. The SMILES string of the molecule is CC(C)(C)OC(=O)N1CC=Cc2ccccc2C1. The highest BCUT2D eigenvalue weighted by molar-refractivity contribution is 5.70. The molecule has 0 unspecified atom stereocenters. The second-order valence-corrected chi connectivity index (χ2v) is 5.46. The van der Waals surface area contributed by atoms with E-state index in [4.69, 9.17) is 4.74 Å². The summed E-state index contributed by atoms with van der Waals surface area (Å²) in [4.78, 5) is 13.8. The van der Waals surface area contributed by atoms with E-state index in [1.54, 1.807) is 4.90 Å². The minimum absolute atomic E-state index is 0.260. The fourth-order valence-electron chi connectivity index (χ4n) is 1.88. The molecule has 0 bridgehead atoms. The lowest BCUT2D eigenvalue weighted by atomic mass is 10.1. The summed E-state index contributed by atoms with van der Waals surface area (Å²) >= 11 is 0. The van der Waals surface area contributed by atoms with E-state index in [2.05, 4.69) is 12.1 Å². The molecule has 0 spiro atoms. The fraction of sp³-hybridized carbons (Fsp3) is 0.400. The molecule has 3 nitrogen and oxygen atoms in total. The van der Waals surface area contributed by atoms with E-state index in [0.29, 0.717) is 13.1 Å². The fourth-order valence-corrected chi connectivity index (χ4v) is 1.88. The quantitative estimate of drug-likeness (QED) is 0.700. The number of carbonyl (C=O) groups excluding carboxylic acids is 1. The Bertz CT molecular complexity index is 472. The summed E-state index contributed by atoms with van der Waals surface area (Å²) in [6.45, 7) is 6.83. The molecule has 18 heavy (non-hydrogen) atoms. The predicted octanol–water partition coefficient (Wildman–Crippen LogP) is 3.45. The normalized spacial score (nSPS) is 14.9. The Hall–Kier alpha value is -1.77. The maximum Gasteiger partial charge on any atom is 0.410 e. The van der Waals surface area contributed by atoms with Gasteiger partial charge in [-0.2, -0.15) is 0 Å². The molecule has 1 aromatic carbocycles. The second kappa shape index (κ2) is 4.84. The minimum Gasteiger partial charge on any atom is -0.444 e. The summed E-state index contributed by atoms with van der Waals surface area (Å²) in [5.74, 6) is 0. The van der Waals surface area contributed by atoms with Crippen molar-refractivity contribution in [2.75, 3.05) is 6.54 Å². The molecule has 96 valence electrons. The van der Waals surface area contributed by atoms with Crippen molar-refractivity contribution in [1.29, 1.82) is 0 Å². The molecule has 0 aromatic heterocycles. The van der Waals surface area contributed by atoms with Gasteiger partial charge in [0.2, 0.25) is 0 Å². The number of hydrogen-bond acceptors (Lipinski definition) is 2. The van der Waals surface area contributed by atoms with E-state index in [1.807, 2.05) is 45.0 Å². The molecule has 0 radical (unpaired) electrons. The van der Waals surface area contributed by atoms with Crippen LogP contribution in [-0.4, -0.2) is 23.1 Å². The average molecular weight is 245 g/mol. The molecule has 0 fully saturated rings. The van der Waals surface area contributed by atoms with Crippen LogP contribution in [0, 0.1) is 0 Å². The van der Waals surface area contributed by atoms with Gasteiger partial charge in [0.1, 0.15) is 5.60 Å². The van der Waals surface area contributed by atoms with Gasteiger partial charge in [-0.15, -0.1) is 0 Å². The van der Waals surface area contributed by atoms with Gasteiger partial charge in [0, 0.05) is 13.1 Å². The molecule has 1 aromatic rings. The molecule has 2 rings (SSSR count). The van der Waals surface area contributed by atoms with Crippen LogP contribution in [0.15, 0.2) is 30.3 Å². The van der Waals surface area contributed by atoms with Gasteiger partial charge in [0.05, 0.1) is 0 Å². The van der Waals surface area contributed by atoms with Crippen LogP contribution >= 0.6 is 0 Å². The van der Waals surface area contributed by atoms with Gasteiger partial charge >= 0.3 is 6.09 Å². The van der Waals surface area contributed by atoms with Crippen LogP contribution in [0.5, 0.6) is 0 Å². The Morgan fingerprint density at radius 3 is 2.72 bits per heavy atom. The summed E-state index contributed by atoms with van der Waals surface area (Å²) in [5.41, 5.74) is 1.87. The van der Waals surface area contributed by atoms with E-state index < -0.39 is 5.60 Å². The zero-order valence-electron chi connectivity index (χ0n) is 11.1. The first-order valence-electron chi connectivity index (χ1n) is 6.18. The van der Waals surface area contributed by atoms with E-state index in [0.717, 1.165) is 5.56 Å². The lowest BCUT2D eigenvalue weighted by Crippen LogP contribution is -2.36. The van der Waals surface area contributed by atoms with E-state index in [9.17, 15) is 4.79 Å². The van der Waals surface area contributed by atoms with E-state index in [1.165, 1.54) is 5.56 Å². The number of rotatable bonds is 0. The molecule has 1 aliphatic heterocycles. The van der Waals surface area contributed by atoms with Crippen LogP contribution in [0.25, 0.3) is 6.08 Å². The first-order valence-corrected chi connectivity index (χ1v) is 6.18. The van der Waals surface area contributed by atoms with Crippen molar-refractivity contribution in [1.82, 2.24) is 4.90 Å². The monoisotopic (exact) mass is 245 g/mol. The zero-order valence-corrected chi connectivity index (χ0v) is 11.1. The van der Waals surface area contributed by atoms with Crippen molar-refractivity contribution in [3.63, 3.8) is 0 Å². The van der Waals surface area contributed by atoms with Crippen molar-refractivity contribution in [3.8, 4) is 0 Å². The third kappa shape index (κ3) is 3.13. The van der Waals surface area contributed by atoms with Crippen LogP contribution in [0.1, 0.15) is 31.9 Å². The van der Waals surface area contributed by atoms with Gasteiger partial charge in [-0.25, -0.2) is 4.79 Å². The summed E-state index contributed by atoms with van der Waals surface area (Å²) in [6.07, 6.45) is 3.79. The second-order valence-electron chi connectivity index (χ2n) is 5.46. The number of ether oxygens (including phenoxy) is 1. The lowest BCUT2D eigenvalue weighted by Gasteiger charge is -2.26. The van der Waals surface area contributed by atoms with Crippen molar-refractivity contribution in [2.45, 2.75) is 32.9 Å². The number of carbonyl (C=O) groups is 1. The number of amides is 1. The van der Waals surface area contributed by atoms with Gasteiger partial charge in [-0.05, 0) is 31.9 Å². The van der Waals surface area contributed by atoms with Gasteiger partial charge in [0.15, 0.2) is 0 Å². The van der Waals surface area contributed by atoms with Crippen molar-refractivity contribution < 1.29 is 9.53 Å². The molecule has 0 N–H and O–H groups in total. The molecular formula is C15H19NO2. The molecule has 1 aliphatic rings.